The van der Waals surface area contributed by atoms with Gasteiger partial charge in [-0.2, -0.15) is 0 Å². The molecule has 1 aromatic rings. The zero-order chi connectivity index (χ0) is 9.97. The Kier molecular flexibility index (Phi) is 2.50. The number of hydrogen-bond acceptors (Lipinski definition) is 2. The fourth-order valence-electron chi connectivity index (χ4n) is 1.52. The van der Waals surface area contributed by atoms with Gasteiger partial charge in [0.05, 0.1) is 0 Å². The van der Waals surface area contributed by atoms with Crippen molar-refractivity contribution in [1.82, 2.24) is 4.90 Å². The van der Waals surface area contributed by atoms with Crippen LogP contribution in [-0.4, -0.2) is 23.6 Å². The molecule has 14 heavy (non-hydrogen) atoms. The van der Waals surface area contributed by atoms with Gasteiger partial charge in [-0.25, -0.2) is 0 Å². The van der Waals surface area contributed by atoms with Crippen LogP contribution in [0.4, 0.5) is 0 Å². The van der Waals surface area contributed by atoms with Crippen LogP contribution in [-0.2, 0) is 16.1 Å². The van der Waals surface area contributed by atoms with Gasteiger partial charge in [0.1, 0.15) is 12.8 Å². The Labute approximate surface area is 83.3 Å². The van der Waals surface area contributed by atoms with Crippen molar-refractivity contribution >= 4 is 5.91 Å². The van der Waals surface area contributed by atoms with Crippen molar-refractivity contribution < 1.29 is 9.53 Å². The van der Waals surface area contributed by atoms with Crippen molar-refractivity contribution in [3.05, 3.63) is 35.9 Å². The van der Waals surface area contributed by atoms with E-state index in [2.05, 4.69) is 0 Å². The second-order valence-corrected chi connectivity index (χ2v) is 3.46. The summed E-state index contributed by atoms with van der Waals surface area (Å²) < 4.78 is 5.23. The van der Waals surface area contributed by atoms with Crippen molar-refractivity contribution in [2.24, 2.45) is 0 Å². The van der Waals surface area contributed by atoms with E-state index in [1.807, 2.05) is 30.3 Å². The summed E-state index contributed by atoms with van der Waals surface area (Å²) in [6.07, 6.45) is -0.279. The first-order valence-corrected chi connectivity index (χ1v) is 4.71. The number of carbonyl (C=O) groups is 1. The second-order valence-electron chi connectivity index (χ2n) is 3.46. The molecule has 3 heteroatoms. The molecule has 1 saturated heterocycles. The largest absolute Gasteiger partial charge is 0.348 e. The Bertz CT molecular complexity index is 323. The van der Waals surface area contributed by atoms with Crippen LogP contribution in [0.25, 0.3) is 0 Å². The third-order valence-corrected chi connectivity index (χ3v) is 2.36. The molecule has 1 unspecified atom stereocenters. The van der Waals surface area contributed by atoms with Crippen LogP contribution in [0.3, 0.4) is 0 Å². The lowest BCUT2D eigenvalue weighted by Gasteiger charge is -2.13. The molecule has 3 nitrogen and oxygen atoms in total. The summed E-state index contributed by atoms with van der Waals surface area (Å²) >= 11 is 0. The Morgan fingerprint density at radius 2 is 2.14 bits per heavy atom. The van der Waals surface area contributed by atoms with Crippen LogP contribution in [0, 0.1) is 0 Å². The van der Waals surface area contributed by atoms with Gasteiger partial charge in [-0.15, -0.1) is 0 Å². The number of benzene rings is 1. The van der Waals surface area contributed by atoms with Gasteiger partial charge >= 0.3 is 0 Å². The minimum Gasteiger partial charge on any atom is -0.348 e. The lowest BCUT2D eigenvalue weighted by Crippen LogP contribution is -2.27. The van der Waals surface area contributed by atoms with E-state index in [1.165, 1.54) is 0 Å². The molecule has 1 fully saturated rings. The summed E-state index contributed by atoms with van der Waals surface area (Å²) in [5.41, 5.74) is 1.14. The van der Waals surface area contributed by atoms with E-state index in [4.69, 9.17) is 4.74 Å². The van der Waals surface area contributed by atoms with Crippen LogP contribution < -0.4 is 0 Å². The van der Waals surface area contributed by atoms with Crippen molar-refractivity contribution in [2.45, 2.75) is 19.6 Å². The van der Waals surface area contributed by atoms with Crippen LogP contribution in [0.15, 0.2) is 30.3 Å². The molecule has 1 amide bonds. The van der Waals surface area contributed by atoms with Gasteiger partial charge in [0.2, 0.25) is 0 Å². The highest BCUT2D eigenvalue weighted by molar-refractivity contribution is 5.81. The SMILES string of the molecule is CC1OCN(Cc2ccccc2)C1=O. The fraction of sp³-hybridized carbons (Fsp3) is 0.364. The average Bonchev–Trinajstić information content (AvgIpc) is 2.52. The molecule has 1 aliphatic heterocycles. The molecule has 0 bridgehead atoms. The third-order valence-electron chi connectivity index (χ3n) is 2.36. The van der Waals surface area contributed by atoms with E-state index in [0.29, 0.717) is 13.3 Å². The number of hydrogen-bond donors (Lipinski definition) is 0. The van der Waals surface area contributed by atoms with Gasteiger partial charge in [0, 0.05) is 6.54 Å². The Morgan fingerprint density at radius 1 is 1.43 bits per heavy atom. The molecule has 0 radical (unpaired) electrons. The van der Waals surface area contributed by atoms with Gasteiger partial charge in [0.25, 0.3) is 5.91 Å². The summed E-state index contributed by atoms with van der Waals surface area (Å²) in [6.45, 7) is 2.84. The zero-order valence-corrected chi connectivity index (χ0v) is 8.14. The van der Waals surface area contributed by atoms with E-state index in [1.54, 1.807) is 11.8 Å². The van der Waals surface area contributed by atoms with Gasteiger partial charge < -0.3 is 9.64 Å². The lowest BCUT2D eigenvalue weighted by molar-refractivity contribution is -0.129. The van der Waals surface area contributed by atoms with Crippen LogP contribution >= 0.6 is 0 Å². The monoisotopic (exact) mass is 191 g/mol. The summed E-state index contributed by atoms with van der Waals surface area (Å²) in [6, 6.07) is 9.93. The number of carbonyl (C=O) groups excluding carboxylic acids is 1. The van der Waals surface area contributed by atoms with Crippen LogP contribution in [0.2, 0.25) is 0 Å². The maximum Gasteiger partial charge on any atom is 0.253 e. The van der Waals surface area contributed by atoms with E-state index in [0.717, 1.165) is 5.56 Å². The molecule has 1 aliphatic rings. The minimum atomic E-state index is -0.279. The quantitative estimate of drug-likeness (QED) is 0.707. The number of ether oxygens (including phenoxy) is 1. The van der Waals surface area contributed by atoms with E-state index < -0.39 is 0 Å². The smallest absolute Gasteiger partial charge is 0.253 e. The van der Waals surface area contributed by atoms with Crippen molar-refractivity contribution in [3.8, 4) is 0 Å². The first kappa shape index (κ1) is 9.21. The molecule has 0 aromatic heterocycles. The molecule has 0 saturated carbocycles. The maximum absolute atomic E-state index is 11.5. The first-order valence-electron chi connectivity index (χ1n) is 4.71. The highest BCUT2D eigenvalue weighted by Gasteiger charge is 2.28. The standard InChI is InChI=1S/C11H13NO2/c1-9-11(13)12(8-14-9)7-10-5-3-2-4-6-10/h2-6,9H,7-8H2,1H3. The summed E-state index contributed by atoms with van der Waals surface area (Å²) in [4.78, 5) is 13.2. The summed E-state index contributed by atoms with van der Waals surface area (Å²) in [5.74, 6) is 0.0776. The molecule has 74 valence electrons. The molecule has 0 spiro atoms. The summed E-state index contributed by atoms with van der Waals surface area (Å²) in [5, 5.41) is 0. The third kappa shape index (κ3) is 1.77. The highest BCUT2D eigenvalue weighted by atomic mass is 16.5. The maximum atomic E-state index is 11.5. The van der Waals surface area contributed by atoms with Gasteiger partial charge in [-0.1, -0.05) is 30.3 Å². The van der Waals surface area contributed by atoms with Crippen molar-refractivity contribution in [1.29, 1.82) is 0 Å². The van der Waals surface area contributed by atoms with Crippen molar-refractivity contribution in [2.75, 3.05) is 6.73 Å². The topological polar surface area (TPSA) is 29.5 Å². The van der Waals surface area contributed by atoms with Crippen LogP contribution in [0.5, 0.6) is 0 Å². The Morgan fingerprint density at radius 3 is 2.71 bits per heavy atom. The molecule has 1 aromatic carbocycles. The van der Waals surface area contributed by atoms with Crippen molar-refractivity contribution in [3.63, 3.8) is 0 Å². The zero-order valence-electron chi connectivity index (χ0n) is 8.14. The molecule has 2 rings (SSSR count). The predicted octanol–water partition coefficient (Wildman–Crippen LogP) is 1.39. The first-order chi connectivity index (χ1) is 6.77. The fourth-order valence-corrected chi connectivity index (χ4v) is 1.52. The van der Waals surface area contributed by atoms with E-state index >= 15 is 0 Å². The molecule has 0 aliphatic carbocycles. The molecular formula is C11H13NO2. The number of nitrogens with zero attached hydrogens (tertiary/aromatic N) is 1. The molecule has 0 N–H and O–H groups in total. The normalized spacial score (nSPS) is 21.6. The number of rotatable bonds is 2. The molecule has 1 heterocycles. The van der Waals surface area contributed by atoms with Gasteiger partial charge in [-0.05, 0) is 12.5 Å². The van der Waals surface area contributed by atoms with Gasteiger partial charge in [-0.3, -0.25) is 4.79 Å². The Balaban J connectivity index is 2.02. The second kappa shape index (κ2) is 3.80. The Hall–Kier alpha value is -1.35. The average molecular weight is 191 g/mol. The highest BCUT2D eigenvalue weighted by Crippen LogP contribution is 2.13. The van der Waals surface area contributed by atoms with Crippen LogP contribution in [0.1, 0.15) is 12.5 Å². The molecule has 1 atom stereocenters. The lowest BCUT2D eigenvalue weighted by atomic mass is 10.2. The van der Waals surface area contributed by atoms with E-state index in [-0.39, 0.29) is 12.0 Å². The molecular weight excluding hydrogens is 178 g/mol. The number of amides is 1. The summed E-state index contributed by atoms with van der Waals surface area (Å²) in [7, 11) is 0. The van der Waals surface area contributed by atoms with Gasteiger partial charge in [0.15, 0.2) is 0 Å². The van der Waals surface area contributed by atoms with E-state index in [9.17, 15) is 4.79 Å². The minimum absolute atomic E-state index is 0.0776. The predicted molar refractivity (Wildman–Crippen MR) is 52.4 cm³/mol.